The molecule has 0 aliphatic carbocycles. The van der Waals surface area contributed by atoms with Gasteiger partial charge in [0.1, 0.15) is 0 Å². The van der Waals surface area contributed by atoms with Gasteiger partial charge in [-0.1, -0.05) is 13.8 Å². The summed E-state index contributed by atoms with van der Waals surface area (Å²) in [5.41, 5.74) is 0.230. The van der Waals surface area contributed by atoms with E-state index in [9.17, 15) is 24.0 Å². The lowest BCUT2D eigenvalue weighted by Crippen LogP contribution is -2.32. The average Bonchev–Trinajstić information content (AvgIpc) is 3.00. The molecule has 156 valence electrons. The summed E-state index contributed by atoms with van der Waals surface area (Å²) in [6, 6.07) is 0. The van der Waals surface area contributed by atoms with Crippen LogP contribution in [0.3, 0.4) is 0 Å². The van der Waals surface area contributed by atoms with Crippen LogP contribution in [0.4, 0.5) is 11.4 Å². The largest absolute Gasteiger partial charge is 0.366 e. The Hall–Kier alpha value is -1.79. The molecule has 29 heavy (non-hydrogen) atoms. The first-order valence-corrected chi connectivity index (χ1v) is 10.9. The number of nitrogens with one attached hydrogen (secondary N) is 2. The second-order valence-corrected chi connectivity index (χ2v) is 8.21. The van der Waals surface area contributed by atoms with Crippen molar-refractivity contribution in [1.82, 2.24) is 5.06 Å². The van der Waals surface area contributed by atoms with Crippen LogP contribution in [-0.4, -0.2) is 34.7 Å². The minimum absolute atomic E-state index is 0.0512. The van der Waals surface area contributed by atoms with Gasteiger partial charge in [0.25, 0.3) is 11.8 Å². The van der Waals surface area contributed by atoms with Gasteiger partial charge in [0.15, 0.2) is 0 Å². The van der Waals surface area contributed by atoms with Gasteiger partial charge >= 0.3 is 5.97 Å². The Kier molecular flexibility index (Phi) is 7.94. The van der Waals surface area contributed by atoms with E-state index in [0.717, 1.165) is 0 Å². The van der Waals surface area contributed by atoms with E-state index in [1.165, 1.54) is 0 Å². The van der Waals surface area contributed by atoms with Crippen molar-refractivity contribution < 1.29 is 28.8 Å². The van der Waals surface area contributed by atoms with Gasteiger partial charge in [-0.25, -0.2) is 4.79 Å². The van der Waals surface area contributed by atoms with Crippen LogP contribution in [0.15, 0.2) is 13.4 Å². The molecule has 1 fully saturated rings. The van der Waals surface area contributed by atoms with Crippen LogP contribution in [0.5, 0.6) is 0 Å². The molecule has 1 aliphatic rings. The molecule has 1 heterocycles. The summed E-state index contributed by atoms with van der Waals surface area (Å²) in [7, 11) is 0. The lowest BCUT2D eigenvalue weighted by molar-refractivity contribution is -0.172. The minimum atomic E-state index is -1.03. The second kappa shape index (κ2) is 9.81. The summed E-state index contributed by atoms with van der Waals surface area (Å²) >= 11 is 9.85. The molecule has 0 aromatic heterocycles. The minimum Gasteiger partial charge on any atom is -0.325 e. The number of benzene rings is 1. The second-order valence-electron chi connectivity index (χ2n) is 5.83. The van der Waals surface area contributed by atoms with E-state index in [2.05, 4.69) is 58.4 Å². The standard InChI is InChI=1S/C17H16Br3N3O6/c1-3-7(24)21-15-12(18)11(13(19)16(14(15)20)22-8(25)4-2)17(28)29-23-9(26)5-6-10(23)27/h3-6H2,1-2H3,(H,21,24)(H,22,25). The molecular formula is C17H16Br3N3O6. The fourth-order valence-corrected chi connectivity index (χ4v) is 5.01. The lowest BCUT2D eigenvalue weighted by Gasteiger charge is -2.20. The Morgan fingerprint density at radius 3 is 1.66 bits per heavy atom. The van der Waals surface area contributed by atoms with Crippen molar-refractivity contribution in [1.29, 1.82) is 0 Å². The molecule has 2 N–H and O–H groups in total. The van der Waals surface area contributed by atoms with E-state index < -0.39 is 17.8 Å². The van der Waals surface area contributed by atoms with Crippen molar-refractivity contribution in [2.24, 2.45) is 0 Å². The van der Waals surface area contributed by atoms with Crippen molar-refractivity contribution in [2.45, 2.75) is 39.5 Å². The van der Waals surface area contributed by atoms with Gasteiger partial charge in [-0.15, -0.1) is 5.06 Å². The molecule has 0 atom stereocenters. The van der Waals surface area contributed by atoms with E-state index in [1.54, 1.807) is 13.8 Å². The summed E-state index contributed by atoms with van der Waals surface area (Å²) in [4.78, 5) is 65.2. The molecule has 2 rings (SSSR count). The maximum atomic E-state index is 12.8. The molecule has 0 radical (unpaired) electrons. The molecule has 0 spiro atoms. The first-order valence-electron chi connectivity index (χ1n) is 8.50. The molecule has 0 saturated carbocycles. The van der Waals surface area contributed by atoms with Gasteiger partial charge in [0.05, 0.1) is 30.4 Å². The number of rotatable bonds is 6. The molecule has 1 aromatic rings. The Bertz CT molecular complexity index is 857. The number of hydroxylamine groups is 2. The molecule has 1 saturated heterocycles. The number of hydrogen-bond donors (Lipinski definition) is 2. The molecule has 0 unspecified atom stereocenters. The number of nitrogens with zero attached hydrogens (tertiary/aromatic N) is 1. The number of anilines is 2. The first-order chi connectivity index (χ1) is 13.6. The zero-order valence-corrected chi connectivity index (χ0v) is 20.1. The number of hydrogen-bond acceptors (Lipinski definition) is 6. The van der Waals surface area contributed by atoms with Crippen LogP contribution < -0.4 is 10.6 Å². The maximum Gasteiger partial charge on any atom is 0.366 e. The van der Waals surface area contributed by atoms with Crippen molar-refractivity contribution in [3.05, 3.63) is 19.0 Å². The smallest absolute Gasteiger partial charge is 0.325 e. The molecule has 4 amide bonds. The van der Waals surface area contributed by atoms with Crippen molar-refractivity contribution in [3.8, 4) is 0 Å². The molecule has 12 heteroatoms. The molecule has 9 nitrogen and oxygen atoms in total. The van der Waals surface area contributed by atoms with Crippen LogP contribution in [-0.2, 0) is 24.0 Å². The number of carbonyl (C=O) groups excluding carboxylic acids is 5. The van der Waals surface area contributed by atoms with E-state index in [-0.39, 0.29) is 63.4 Å². The molecule has 0 bridgehead atoms. The molecule has 1 aromatic carbocycles. The fraction of sp³-hybridized carbons (Fsp3) is 0.353. The number of amides is 4. The van der Waals surface area contributed by atoms with Gasteiger partial charge < -0.3 is 15.5 Å². The van der Waals surface area contributed by atoms with Gasteiger partial charge in [-0.3, -0.25) is 19.2 Å². The molecular weight excluding hydrogens is 582 g/mol. The summed E-state index contributed by atoms with van der Waals surface area (Å²) in [5.74, 6) is -2.98. The Labute approximate surface area is 191 Å². The van der Waals surface area contributed by atoms with Crippen LogP contribution in [0.2, 0.25) is 0 Å². The highest BCUT2D eigenvalue weighted by atomic mass is 79.9. The summed E-state index contributed by atoms with van der Waals surface area (Å²) in [6.45, 7) is 3.30. The normalized spacial score (nSPS) is 13.5. The van der Waals surface area contributed by atoms with Crippen LogP contribution in [0, 0.1) is 0 Å². The topological polar surface area (TPSA) is 122 Å². The highest BCUT2D eigenvalue weighted by molar-refractivity contribution is 9.12. The average molecular weight is 598 g/mol. The van der Waals surface area contributed by atoms with Crippen molar-refractivity contribution in [2.75, 3.05) is 10.6 Å². The fourth-order valence-electron chi connectivity index (χ4n) is 2.30. The zero-order chi connectivity index (χ0) is 21.9. The summed E-state index contributed by atoms with van der Waals surface area (Å²) < 4.78 is 0.581. The third kappa shape index (κ3) is 5.04. The third-order valence-corrected chi connectivity index (χ3v) is 6.25. The highest BCUT2D eigenvalue weighted by Gasteiger charge is 2.35. The quantitative estimate of drug-likeness (QED) is 0.480. The van der Waals surface area contributed by atoms with Crippen LogP contribution in [0.25, 0.3) is 0 Å². The van der Waals surface area contributed by atoms with Crippen LogP contribution >= 0.6 is 47.8 Å². The molecule has 1 aliphatic heterocycles. The van der Waals surface area contributed by atoms with E-state index >= 15 is 0 Å². The van der Waals surface area contributed by atoms with Crippen LogP contribution in [0.1, 0.15) is 49.9 Å². The van der Waals surface area contributed by atoms with Crippen molar-refractivity contribution in [3.63, 3.8) is 0 Å². The first kappa shape index (κ1) is 23.5. The Morgan fingerprint density at radius 1 is 0.862 bits per heavy atom. The number of halogens is 3. The van der Waals surface area contributed by atoms with Crippen molar-refractivity contribution >= 4 is 88.8 Å². The van der Waals surface area contributed by atoms with E-state index in [1.807, 2.05) is 0 Å². The lowest BCUT2D eigenvalue weighted by atomic mass is 10.1. The van der Waals surface area contributed by atoms with E-state index in [4.69, 9.17) is 4.84 Å². The predicted octanol–water partition coefficient (Wildman–Crippen LogP) is 3.89. The van der Waals surface area contributed by atoms with E-state index in [0.29, 0.717) is 9.54 Å². The van der Waals surface area contributed by atoms with Gasteiger partial charge in [-0.05, 0) is 47.8 Å². The number of carbonyl (C=O) groups is 5. The Balaban J connectivity index is 2.57. The highest BCUT2D eigenvalue weighted by Crippen LogP contribution is 2.46. The Morgan fingerprint density at radius 2 is 1.28 bits per heavy atom. The van der Waals surface area contributed by atoms with Gasteiger partial charge in [0, 0.05) is 25.7 Å². The third-order valence-electron chi connectivity index (χ3n) is 3.87. The van der Waals surface area contributed by atoms with Gasteiger partial charge in [-0.2, -0.15) is 0 Å². The summed E-state index contributed by atoms with van der Waals surface area (Å²) in [6.07, 6.45) is 0.235. The zero-order valence-electron chi connectivity index (χ0n) is 15.4. The maximum absolute atomic E-state index is 12.8. The number of imide groups is 1. The van der Waals surface area contributed by atoms with Gasteiger partial charge in [0.2, 0.25) is 11.8 Å². The summed E-state index contributed by atoms with van der Waals surface area (Å²) in [5, 5.41) is 5.68. The SMILES string of the molecule is CCC(=O)Nc1c(Br)c(NC(=O)CC)c(Br)c(C(=O)ON2C(=O)CCC2=O)c1Br. The monoisotopic (exact) mass is 595 g/mol. The predicted molar refractivity (Wildman–Crippen MR) is 114 cm³/mol.